The van der Waals surface area contributed by atoms with Crippen LogP contribution < -0.4 is 10.1 Å². The van der Waals surface area contributed by atoms with Crippen LogP contribution in [0.1, 0.15) is 36.0 Å². The van der Waals surface area contributed by atoms with Crippen molar-refractivity contribution >= 4 is 28.8 Å². The van der Waals surface area contributed by atoms with Crippen LogP contribution in [0.25, 0.3) is 0 Å². The van der Waals surface area contributed by atoms with Crippen LogP contribution in [-0.2, 0) is 11.2 Å². The number of halogens is 1. The molecule has 4 nitrogen and oxygen atoms in total. The summed E-state index contributed by atoms with van der Waals surface area (Å²) in [6.07, 6.45) is 2.37. The van der Waals surface area contributed by atoms with Crippen molar-refractivity contribution in [3.8, 4) is 5.75 Å². The molecular weight excluding hydrogens is 344 g/mol. The van der Waals surface area contributed by atoms with Gasteiger partial charge in [0, 0.05) is 22.6 Å². The van der Waals surface area contributed by atoms with Gasteiger partial charge in [-0.2, -0.15) is 0 Å². The van der Waals surface area contributed by atoms with E-state index in [1.807, 2.05) is 19.9 Å². The zero-order valence-corrected chi connectivity index (χ0v) is 15.8. The highest BCUT2D eigenvalue weighted by Gasteiger charge is 2.15. The molecule has 0 radical (unpaired) electrons. The second-order valence-electron chi connectivity index (χ2n) is 5.80. The van der Waals surface area contributed by atoms with Crippen LogP contribution >= 0.6 is 22.9 Å². The van der Waals surface area contributed by atoms with Crippen molar-refractivity contribution in [1.82, 2.24) is 10.3 Å². The largest absolute Gasteiger partial charge is 0.481 e. The van der Waals surface area contributed by atoms with Gasteiger partial charge in [-0.25, -0.2) is 4.98 Å². The SMILES string of the molecule is Cc1csc(CCCCNC(=O)C(C)Oc2ccc(Cl)cc2C)n1. The standard InChI is InChI=1S/C18H23ClN2O2S/c1-12-10-15(19)7-8-16(12)23-14(3)18(22)20-9-5-4-6-17-21-13(2)11-24-17/h7-8,10-11,14H,4-6,9H2,1-3H3,(H,20,22). The Balaban J connectivity index is 1.67. The zero-order chi connectivity index (χ0) is 17.5. The van der Waals surface area contributed by atoms with Crippen LogP contribution in [0.2, 0.25) is 5.02 Å². The number of carbonyl (C=O) groups excluding carboxylic acids is 1. The van der Waals surface area contributed by atoms with Crippen LogP contribution in [0.5, 0.6) is 5.75 Å². The van der Waals surface area contributed by atoms with Crippen molar-refractivity contribution in [2.45, 2.75) is 46.1 Å². The number of unbranched alkanes of at least 4 members (excludes halogenated alkanes) is 1. The lowest BCUT2D eigenvalue weighted by Gasteiger charge is -2.16. The van der Waals surface area contributed by atoms with E-state index in [2.05, 4.69) is 15.7 Å². The highest BCUT2D eigenvalue weighted by molar-refractivity contribution is 7.09. The van der Waals surface area contributed by atoms with E-state index in [-0.39, 0.29) is 5.91 Å². The van der Waals surface area contributed by atoms with Crippen LogP contribution in [0.4, 0.5) is 0 Å². The lowest BCUT2D eigenvalue weighted by Crippen LogP contribution is -2.36. The fraction of sp³-hybridized carbons (Fsp3) is 0.444. The number of rotatable bonds is 8. The molecule has 1 heterocycles. The second kappa shape index (κ2) is 9.04. The van der Waals surface area contributed by atoms with Gasteiger partial charge in [0.25, 0.3) is 5.91 Å². The van der Waals surface area contributed by atoms with Gasteiger partial charge in [-0.15, -0.1) is 11.3 Å². The number of nitrogens with zero attached hydrogens (tertiary/aromatic N) is 1. The summed E-state index contributed by atoms with van der Waals surface area (Å²) in [5.74, 6) is 0.579. The quantitative estimate of drug-likeness (QED) is 0.708. The minimum Gasteiger partial charge on any atom is -0.481 e. The maximum absolute atomic E-state index is 12.1. The molecule has 0 aliphatic carbocycles. The number of aryl methyl sites for hydroxylation is 3. The predicted molar refractivity (Wildman–Crippen MR) is 99.1 cm³/mol. The smallest absolute Gasteiger partial charge is 0.260 e. The van der Waals surface area contributed by atoms with Gasteiger partial charge in [0.1, 0.15) is 5.75 Å². The van der Waals surface area contributed by atoms with E-state index < -0.39 is 6.10 Å². The number of hydrogen-bond donors (Lipinski definition) is 1. The second-order valence-corrected chi connectivity index (χ2v) is 7.18. The fourth-order valence-electron chi connectivity index (χ4n) is 2.26. The van der Waals surface area contributed by atoms with Gasteiger partial charge in [0.05, 0.1) is 5.01 Å². The Morgan fingerprint density at radius 1 is 1.38 bits per heavy atom. The number of thiazole rings is 1. The van der Waals surface area contributed by atoms with Crippen molar-refractivity contribution in [1.29, 1.82) is 0 Å². The van der Waals surface area contributed by atoms with Gasteiger partial charge < -0.3 is 10.1 Å². The molecule has 130 valence electrons. The van der Waals surface area contributed by atoms with Gasteiger partial charge in [-0.3, -0.25) is 4.79 Å². The lowest BCUT2D eigenvalue weighted by atomic mass is 10.2. The van der Waals surface area contributed by atoms with Gasteiger partial charge in [-0.05, 0) is 63.8 Å². The van der Waals surface area contributed by atoms with Gasteiger partial charge in [-0.1, -0.05) is 11.6 Å². The van der Waals surface area contributed by atoms with Crippen molar-refractivity contribution in [2.24, 2.45) is 0 Å². The summed E-state index contributed by atoms with van der Waals surface area (Å²) in [5.41, 5.74) is 1.99. The molecule has 1 N–H and O–H groups in total. The summed E-state index contributed by atoms with van der Waals surface area (Å²) < 4.78 is 5.71. The minimum absolute atomic E-state index is 0.102. The molecule has 1 amide bonds. The number of hydrogen-bond acceptors (Lipinski definition) is 4. The predicted octanol–water partition coefficient (Wildman–Crippen LogP) is 4.32. The maximum atomic E-state index is 12.1. The number of ether oxygens (including phenoxy) is 1. The summed E-state index contributed by atoms with van der Waals surface area (Å²) in [4.78, 5) is 16.5. The van der Waals surface area contributed by atoms with Crippen LogP contribution in [0.3, 0.4) is 0 Å². The number of amides is 1. The summed E-state index contributed by atoms with van der Waals surface area (Å²) in [7, 11) is 0. The number of aromatic nitrogens is 1. The van der Waals surface area contributed by atoms with Gasteiger partial charge >= 0.3 is 0 Å². The molecule has 0 saturated carbocycles. The van der Waals surface area contributed by atoms with E-state index >= 15 is 0 Å². The van der Waals surface area contributed by atoms with E-state index in [1.54, 1.807) is 30.4 Å². The molecule has 24 heavy (non-hydrogen) atoms. The van der Waals surface area contributed by atoms with E-state index in [4.69, 9.17) is 16.3 Å². The zero-order valence-electron chi connectivity index (χ0n) is 14.3. The summed E-state index contributed by atoms with van der Waals surface area (Å²) in [6, 6.07) is 5.37. The monoisotopic (exact) mass is 366 g/mol. The third kappa shape index (κ3) is 5.80. The first-order valence-corrected chi connectivity index (χ1v) is 9.33. The molecule has 0 spiro atoms. The number of nitrogens with one attached hydrogen (secondary N) is 1. The van der Waals surface area contributed by atoms with E-state index in [0.29, 0.717) is 17.3 Å². The molecule has 1 unspecified atom stereocenters. The molecule has 1 atom stereocenters. The van der Waals surface area contributed by atoms with Crippen molar-refractivity contribution < 1.29 is 9.53 Å². The molecule has 2 aromatic rings. The molecule has 0 saturated heterocycles. The third-order valence-corrected chi connectivity index (χ3v) is 4.85. The summed E-state index contributed by atoms with van der Waals surface area (Å²) in [6.45, 7) is 6.31. The Labute approximate surface area is 152 Å². The summed E-state index contributed by atoms with van der Waals surface area (Å²) in [5, 5.41) is 6.80. The first-order chi connectivity index (χ1) is 11.5. The minimum atomic E-state index is -0.536. The Bertz CT molecular complexity index is 687. The number of benzene rings is 1. The molecule has 6 heteroatoms. The molecule has 0 aliphatic rings. The number of carbonyl (C=O) groups is 1. The Morgan fingerprint density at radius 3 is 2.83 bits per heavy atom. The normalized spacial score (nSPS) is 12.0. The molecule has 1 aromatic heterocycles. The summed E-state index contributed by atoms with van der Waals surface area (Å²) >= 11 is 7.62. The van der Waals surface area contributed by atoms with Crippen LogP contribution in [0.15, 0.2) is 23.6 Å². The first-order valence-electron chi connectivity index (χ1n) is 8.07. The third-order valence-electron chi connectivity index (χ3n) is 3.59. The van der Waals surface area contributed by atoms with Crippen molar-refractivity contribution in [3.05, 3.63) is 44.9 Å². The van der Waals surface area contributed by atoms with Gasteiger partial charge in [0.15, 0.2) is 6.10 Å². The Morgan fingerprint density at radius 2 is 2.17 bits per heavy atom. The van der Waals surface area contributed by atoms with E-state index in [9.17, 15) is 4.79 Å². The van der Waals surface area contributed by atoms with Gasteiger partial charge in [0.2, 0.25) is 0 Å². The molecular formula is C18H23ClN2O2S. The molecule has 2 rings (SSSR count). The molecule has 0 aliphatic heterocycles. The van der Waals surface area contributed by atoms with Crippen molar-refractivity contribution in [2.75, 3.05) is 6.54 Å². The fourth-order valence-corrected chi connectivity index (χ4v) is 3.31. The Hall–Kier alpha value is -1.59. The van der Waals surface area contributed by atoms with Crippen LogP contribution in [0, 0.1) is 13.8 Å². The van der Waals surface area contributed by atoms with Crippen molar-refractivity contribution in [3.63, 3.8) is 0 Å². The maximum Gasteiger partial charge on any atom is 0.260 e. The lowest BCUT2D eigenvalue weighted by molar-refractivity contribution is -0.127. The first kappa shape index (κ1) is 18.7. The average Bonchev–Trinajstić information content (AvgIpc) is 2.95. The molecule has 1 aromatic carbocycles. The average molecular weight is 367 g/mol. The van der Waals surface area contributed by atoms with Crippen LogP contribution in [-0.4, -0.2) is 23.5 Å². The van der Waals surface area contributed by atoms with E-state index in [0.717, 1.165) is 35.5 Å². The Kier molecular flexibility index (Phi) is 7.06. The highest BCUT2D eigenvalue weighted by Crippen LogP contribution is 2.22. The topological polar surface area (TPSA) is 51.2 Å². The van der Waals surface area contributed by atoms with E-state index in [1.165, 1.54) is 0 Å². The molecule has 0 bridgehead atoms. The highest BCUT2D eigenvalue weighted by atomic mass is 35.5. The molecule has 0 fully saturated rings.